The highest BCUT2D eigenvalue weighted by molar-refractivity contribution is 7.99. The summed E-state index contributed by atoms with van der Waals surface area (Å²) in [6.45, 7) is 0.169. The van der Waals surface area contributed by atoms with Gasteiger partial charge in [0.2, 0.25) is 11.1 Å². The van der Waals surface area contributed by atoms with E-state index in [4.69, 9.17) is 5.84 Å². The number of nitrogen functional groups attached to an aromatic ring is 1. The van der Waals surface area contributed by atoms with E-state index in [-0.39, 0.29) is 29.8 Å². The number of carbonyl (C=O) groups excluding carboxylic acids is 1. The Bertz CT molecular complexity index is 945. The summed E-state index contributed by atoms with van der Waals surface area (Å²) in [6.07, 6.45) is 0. The highest BCUT2D eigenvalue weighted by Crippen LogP contribution is 2.22. The molecule has 0 spiro atoms. The van der Waals surface area contributed by atoms with Gasteiger partial charge in [-0.1, -0.05) is 30.0 Å². The van der Waals surface area contributed by atoms with Crippen molar-refractivity contribution in [1.82, 2.24) is 19.8 Å². The number of hydrogen-bond donors (Lipinski definition) is 1. The van der Waals surface area contributed by atoms with Crippen LogP contribution in [0.4, 0.5) is 8.78 Å². The third kappa shape index (κ3) is 4.43. The van der Waals surface area contributed by atoms with Crippen LogP contribution in [0.5, 0.6) is 0 Å². The van der Waals surface area contributed by atoms with E-state index < -0.39 is 0 Å². The summed E-state index contributed by atoms with van der Waals surface area (Å²) in [7, 11) is 1.60. The number of benzene rings is 2. The van der Waals surface area contributed by atoms with Crippen LogP contribution in [0.15, 0.2) is 53.7 Å². The lowest BCUT2D eigenvalue weighted by Gasteiger charge is -2.17. The number of amides is 1. The van der Waals surface area contributed by atoms with E-state index in [2.05, 4.69) is 10.2 Å². The monoisotopic (exact) mass is 389 g/mol. The highest BCUT2D eigenvalue weighted by atomic mass is 32.2. The van der Waals surface area contributed by atoms with Gasteiger partial charge in [-0.05, 0) is 30.3 Å². The molecule has 0 fully saturated rings. The Hall–Kier alpha value is -2.94. The number of nitrogens with zero attached hydrogens (tertiary/aromatic N) is 4. The van der Waals surface area contributed by atoms with Gasteiger partial charge in [0, 0.05) is 24.7 Å². The van der Waals surface area contributed by atoms with Gasteiger partial charge in [0.05, 0.1) is 5.75 Å². The van der Waals surface area contributed by atoms with E-state index in [0.29, 0.717) is 22.1 Å². The molecule has 0 saturated heterocycles. The quantitative estimate of drug-likeness (QED) is 0.518. The molecule has 9 heteroatoms. The standard InChI is InChI=1S/C18H17F2N5OS/c1-24(10-13-4-2-3-5-15(13)20)16(26)11-27-18-23-22-17(25(18)21)12-6-8-14(19)9-7-12/h2-9H,10-11,21H2,1H3. The average Bonchev–Trinajstić information content (AvgIpc) is 3.03. The van der Waals surface area contributed by atoms with Crippen molar-refractivity contribution in [3.63, 3.8) is 0 Å². The Labute approximate surface area is 159 Å². The minimum Gasteiger partial charge on any atom is -0.341 e. The second kappa shape index (κ2) is 8.17. The maximum atomic E-state index is 13.7. The molecule has 0 unspecified atom stereocenters. The van der Waals surface area contributed by atoms with Crippen molar-refractivity contribution in [1.29, 1.82) is 0 Å². The predicted octanol–water partition coefficient (Wildman–Crippen LogP) is 2.69. The molecule has 1 amide bonds. The third-order valence-corrected chi connectivity index (χ3v) is 4.81. The van der Waals surface area contributed by atoms with E-state index >= 15 is 0 Å². The molecular formula is C18H17F2N5OS. The lowest BCUT2D eigenvalue weighted by atomic mass is 10.2. The van der Waals surface area contributed by atoms with Gasteiger partial charge in [0.1, 0.15) is 11.6 Å². The zero-order valence-electron chi connectivity index (χ0n) is 14.5. The van der Waals surface area contributed by atoms with Gasteiger partial charge >= 0.3 is 0 Å². The van der Waals surface area contributed by atoms with Gasteiger partial charge in [-0.25, -0.2) is 13.5 Å². The first-order valence-corrected chi connectivity index (χ1v) is 9.01. The number of carbonyl (C=O) groups is 1. The first-order chi connectivity index (χ1) is 13.0. The molecule has 0 bridgehead atoms. The van der Waals surface area contributed by atoms with Crippen molar-refractivity contribution in [2.24, 2.45) is 0 Å². The van der Waals surface area contributed by atoms with E-state index in [1.807, 2.05) is 0 Å². The largest absolute Gasteiger partial charge is 0.341 e. The molecule has 0 atom stereocenters. The Kier molecular flexibility index (Phi) is 5.70. The van der Waals surface area contributed by atoms with Gasteiger partial charge in [0.15, 0.2) is 5.82 Å². The molecule has 1 aromatic heterocycles. The summed E-state index contributed by atoms with van der Waals surface area (Å²) in [5, 5.41) is 8.31. The summed E-state index contributed by atoms with van der Waals surface area (Å²) in [5.41, 5.74) is 1.06. The molecule has 27 heavy (non-hydrogen) atoms. The summed E-state index contributed by atoms with van der Waals surface area (Å²) in [4.78, 5) is 13.7. The lowest BCUT2D eigenvalue weighted by Crippen LogP contribution is -2.28. The molecule has 140 valence electrons. The zero-order chi connectivity index (χ0) is 19.4. The van der Waals surface area contributed by atoms with Crippen molar-refractivity contribution >= 4 is 17.7 Å². The number of hydrogen-bond acceptors (Lipinski definition) is 5. The minimum atomic E-state index is -0.361. The van der Waals surface area contributed by atoms with Crippen LogP contribution in [0.3, 0.4) is 0 Å². The summed E-state index contributed by atoms with van der Waals surface area (Å²) >= 11 is 1.12. The van der Waals surface area contributed by atoms with Crippen molar-refractivity contribution in [2.75, 3.05) is 18.6 Å². The topological polar surface area (TPSA) is 77.0 Å². The molecule has 0 aliphatic rings. The number of nitrogens with two attached hydrogens (primary N) is 1. The SMILES string of the molecule is CN(Cc1ccccc1F)C(=O)CSc1nnc(-c2ccc(F)cc2)n1N. The molecule has 0 radical (unpaired) electrons. The predicted molar refractivity (Wildman–Crippen MR) is 99.2 cm³/mol. The molecule has 0 aliphatic carbocycles. The summed E-state index contributed by atoms with van der Waals surface area (Å²) in [5.74, 6) is 5.51. The molecule has 0 aliphatic heterocycles. The molecular weight excluding hydrogens is 372 g/mol. The summed E-state index contributed by atoms with van der Waals surface area (Å²) in [6, 6.07) is 12.0. The van der Waals surface area contributed by atoms with E-state index in [1.54, 1.807) is 37.4 Å². The van der Waals surface area contributed by atoms with Crippen LogP contribution in [-0.4, -0.2) is 38.5 Å². The first kappa shape index (κ1) is 18.8. The Balaban J connectivity index is 1.62. The van der Waals surface area contributed by atoms with Crippen molar-refractivity contribution < 1.29 is 13.6 Å². The molecule has 1 heterocycles. The average molecular weight is 389 g/mol. The van der Waals surface area contributed by atoms with Crippen LogP contribution < -0.4 is 5.84 Å². The van der Waals surface area contributed by atoms with Crippen molar-refractivity contribution in [3.05, 3.63) is 65.7 Å². The van der Waals surface area contributed by atoms with Crippen LogP contribution in [0.2, 0.25) is 0 Å². The van der Waals surface area contributed by atoms with Gasteiger partial charge in [-0.3, -0.25) is 4.79 Å². The normalized spacial score (nSPS) is 10.8. The Morgan fingerprint density at radius 1 is 1.15 bits per heavy atom. The second-order valence-electron chi connectivity index (χ2n) is 5.81. The fraction of sp³-hybridized carbons (Fsp3) is 0.167. The first-order valence-electron chi connectivity index (χ1n) is 8.02. The van der Waals surface area contributed by atoms with Crippen LogP contribution >= 0.6 is 11.8 Å². The van der Waals surface area contributed by atoms with Gasteiger partial charge < -0.3 is 10.7 Å². The maximum absolute atomic E-state index is 13.7. The van der Waals surface area contributed by atoms with Crippen LogP contribution in [0.25, 0.3) is 11.4 Å². The maximum Gasteiger partial charge on any atom is 0.233 e. The van der Waals surface area contributed by atoms with Crippen LogP contribution in [-0.2, 0) is 11.3 Å². The highest BCUT2D eigenvalue weighted by Gasteiger charge is 2.16. The number of aromatic nitrogens is 3. The smallest absolute Gasteiger partial charge is 0.233 e. The van der Waals surface area contributed by atoms with Gasteiger partial charge in [0.25, 0.3) is 0 Å². The molecule has 3 rings (SSSR count). The van der Waals surface area contributed by atoms with E-state index in [1.165, 1.54) is 27.8 Å². The Morgan fingerprint density at radius 2 is 1.85 bits per heavy atom. The van der Waals surface area contributed by atoms with Crippen LogP contribution in [0, 0.1) is 11.6 Å². The second-order valence-corrected chi connectivity index (χ2v) is 6.76. The molecule has 2 N–H and O–H groups in total. The fourth-order valence-electron chi connectivity index (χ4n) is 2.38. The van der Waals surface area contributed by atoms with Crippen molar-refractivity contribution in [3.8, 4) is 11.4 Å². The molecule has 3 aromatic rings. The van der Waals surface area contributed by atoms with Crippen molar-refractivity contribution in [2.45, 2.75) is 11.7 Å². The lowest BCUT2D eigenvalue weighted by molar-refractivity contribution is -0.127. The number of thioether (sulfide) groups is 1. The number of halogens is 2. The van der Waals surface area contributed by atoms with Gasteiger partial charge in [-0.2, -0.15) is 0 Å². The third-order valence-electron chi connectivity index (χ3n) is 3.88. The van der Waals surface area contributed by atoms with E-state index in [0.717, 1.165) is 11.8 Å². The zero-order valence-corrected chi connectivity index (χ0v) is 15.3. The molecule has 6 nitrogen and oxygen atoms in total. The fourth-order valence-corrected chi connectivity index (χ4v) is 3.18. The Morgan fingerprint density at radius 3 is 2.56 bits per heavy atom. The summed E-state index contributed by atoms with van der Waals surface area (Å²) < 4.78 is 28.0. The molecule has 2 aromatic carbocycles. The number of rotatable bonds is 6. The van der Waals surface area contributed by atoms with E-state index in [9.17, 15) is 13.6 Å². The molecule has 0 saturated carbocycles. The van der Waals surface area contributed by atoms with Crippen LogP contribution in [0.1, 0.15) is 5.56 Å². The minimum absolute atomic E-state index is 0.0731. The van der Waals surface area contributed by atoms with Gasteiger partial charge in [-0.15, -0.1) is 10.2 Å².